The summed E-state index contributed by atoms with van der Waals surface area (Å²) < 4.78 is 71.7. The summed E-state index contributed by atoms with van der Waals surface area (Å²) in [5.41, 5.74) is -0.606. The minimum absolute atomic E-state index is 0.107. The lowest BCUT2D eigenvalue weighted by Gasteiger charge is -2.15. The zero-order valence-corrected chi connectivity index (χ0v) is 15.2. The van der Waals surface area contributed by atoms with Crippen molar-refractivity contribution in [2.75, 3.05) is 11.9 Å². The van der Waals surface area contributed by atoms with Crippen molar-refractivity contribution in [1.29, 1.82) is 0 Å². The number of ether oxygens (including phenoxy) is 1. The molecule has 6 nitrogen and oxygen atoms in total. The average molecular weight is 402 g/mol. The fraction of sp³-hybridized carbons (Fsp3) is 0.235. The van der Waals surface area contributed by atoms with Gasteiger partial charge < -0.3 is 10.1 Å². The number of hydrogen-bond donors (Lipinski definition) is 2. The summed E-state index contributed by atoms with van der Waals surface area (Å²) in [5.74, 6) is -5.19. The first kappa shape index (κ1) is 20.7. The number of carbonyl (C=O) groups is 1. The maximum Gasteiger partial charge on any atom is 0.242 e. The summed E-state index contributed by atoms with van der Waals surface area (Å²) in [4.78, 5) is 12.0. The normalized spacial score (nSPS) is 12.5. The Labute approximate surface area is 154 Å². The van der Waals surface area contributed by atoms with E-state index in [-0.39, 0.29) is 4.90 Å². The van der Waals surface area contributed by atoms with Crippen LogP contribution in [0.3, 0.4) is 0 Å². The number of anilines is 1. The number of halogens is 3. The molecule has 2 aromatic carbocycles. The van der Waals surface area contributed by atoms with Gasteiger partial charge in [0.25, 0.3) is 0 Å². The predicted octanol–water partition coefficient (Wildman–Crippen LogP) is 2.81. The zero-order valence-electron chi connectivity index (χ0n) is 14.4. The van der Waals surface area contributed by atoms with E-state index in [1.54, 1.807) is 6.92 Å². The summed E-state index contributed by atoms with van der Waals surface area (Å²) >= 11 is 0. The molecule has 2 N–H and O–H groups in total. The maximum absolute atomic E-state index is 13.6. The molecule has 0 bridgehead atoms. The summed E-state index contributed by atoms with van der Waals surface area (Å²) in [6.07, 6.45) is 0. The highest BCUT2D eigenvalue weighted by molar-refractivity contribution is 7.89. The van der Waals surface area contributed by atoms with Gasteiger partial charge in [0.2, 0.25) is 15.9 Å². The Morgan fingerprint density at radius 2 is 1.70 bits per heavy atom. The minimum atomic E-state index is -4.05. The van der Waals surface area contributed by atoms with Crippen LogP contribution in [0, 0.1) is 17.5 Å². The fourth-order valence-electron chi connectivity index (χ4n) is 2.10. The maximum atomic E-state index is 13.6. The molecule has 2 aromatic rings. The van der Waals surface area contributed by atoms with Crippen LogP contribution in [0.25, 0.3) is 0 Å². The zero-order chi connectivity index (χ0) is 20.2. The van der Waals surface area contributed by atoms with E-state index >= 15 is 0 Å². The molecule has 0 aromatic heterocycles. The van der Waals surface area contributed by atoms with Crippen molar-refractivity contribution in [3.05, 3.63) is 53.8 Å². The third-order valence-electron chi connectivity index (χ3n) is 3.46. The van der Waals surface area contributed by atoms with Crippen LogP contribution in [0.1, 0.15) is 13.8 Å². The topological polar surface area (TPSA) is 84.5 Å². The smallest absolute Gasteiger partial charge is 0.242 e. The van der Waals surface area contributed by atoms with E-state index in [0.717, 1.165) is 6.07 Å². The molecule has 0 saturated heterocycles. The highest BCUT2D eigenvalue weighted by atomic mass is 32.2. The quantitative estimate of drug-likeness (QED) is 0.698. The Bertz CT molecular complexity index is 934. The number of amides is 1. The first-order valence-electron chi connectivity index (χ1n) is 7.85. The largest absolute Gasteiger partial charge is 0.494 e. The Kier molecular flexibility index (Phi) is 6.45. The van der Waals surface area contributed by atoms with Gasteiger partial charge in [-0.05, 0) is 50.2 Å². The van der Waals surface area contributed by atoms with Crippen LogP contribution < -0.4 is 14.8 Å². The molecule has 1 atom stereocenters. The highest BCUT2D eigenvalue weighted by Gasteiger charge is 2.24. The van der Waals surface area contributed by atoms with Crippen molar-refractivity contribution >= 4 is 21.6 Å². The first-order chi connectivity index (χ1) is 12.7. The molecular weight excluding hydrogens is 385 g/mol. The van der Waals surface area contributed by atoms with E-state index in [4.69, 9.17) is 4.74 Å². The fourth-order valence-corrected chi connectivity index (χ4v) is 3.30. The lowest BCUT2D eigenvalue weighted by Crippen LogP contribution is -2.41. The SMILES string of the molecule is CCOc1ccc(S(=O)(=O)NC(C)C(=O)Nc2ccc(F)c(F)c2F)cc1. The Hall–Kier alpha value is -2.59. The highest BCUT2D eigenvalue weighted by Crippen LogP contribution is 2.20. The van der Waals surface area contributed by atoms with Crippen molar-refractivity contribution in [3.63, 3.8) is 0 Å². The second-order valence-corrected chi connectivity index (χ2v) is 7.17. The van der Waals surface area contributed by atoms with Crippen molar-refractivity contribution in [1.82, 2.24) is 4.72 Å². The molecule has 1 unspecified atom stereocenters. The van der Waals surface area contributed by atoms with Crippen molar-refractivity contribution in [2.24, 2.45) is 0 Å². The molecule has 2 rings (SSSR count). The molecule has 146 valence electrons. The number of nitrogens with one attached hydrogen (secondary N) is 2. The second-order valence-electron chi connectivity index (χ2n) is 5.46. The summed E-state index contributed by atoms with van der Waals surface area (Å²) in [5, 5.41) is 2.01. The Balaban J connectivity index is 2.09. The van der Waals surface area contributed by atoms with Gasteiger partial charge in [0.15, 0.2) is 17.5 Å². The molecule has 1 amide bonds. The molecule has 0 aliphatic heterocycles. The lowest BCUT2D eigenvalue weighted by molar-refractivity contribution is -0.117. The molecule has 0 radical (unpaired) electrons. The molecule has 10 heteroatoms. The summed E-state index contributed by atoms with van der Waals surface area (Å²) in [6.45, 7) is 3.42. The Morgan fingerprint density at radius 1 is 1.07 bits per heavy atom. The van der Waals surface area contributed by atoms with Gasteiger partial charge in [-0.2, -0.15) is 4.72 Å². The van der Waals surface area contributed by atoms with E-state index in [0.29, 0.717) is 18.4 Å². The lowest BCUT2D eigenvalue weighted by atomic mass is 10.2. The van der Waals surface area contributed by atoms with Gasteiger partial charge >= 0.3 is 0 Å². The molecule has 27 heavy (non-hydrogen) atoms. The van der Waals surface area contributed by atoms with E-state index in [9.17, 15) is 26.4 Å². The predicted molar refractivity (Wildman–Crippen MR) is 92.3 cm³/mol. The second kappa shape index (κ2) is 8.40. The number of hydrogen-bond acceptors (Lipinski definition) is 4. The van der Waals surface area contributed by atoms with Crippen LogP contribution in [0.2, 0.25) is 0 Å². The molecule has 0 fully saturated rings. The van der Waals surface area contributed by atoms with Gasteiger partial charge in [0, 0.05) is 0 Å². The number of sulfonamides is 1. The van der Waals surface area contributed by atoms with Crippen molar-refractivity contribution in [3.8, 4) is 5.75 Å². The van der Waals surface area contributed by atoms with Crippen LogP contribution in [-0.2, 0) is 14.8 Å². The number of benzene rings is 2. The van der Waals surface area contributed by atoms with Crippen LogP contribution in [0.4, 0.5) is 18.9 Å². The molecule has 0 aliphatic rings. The summed E-state index contributed by atoms with van der Waals surface area (Å²) in [6, 6.07) is 5.68. The van der Waals surface area contributed by atoms with E-state index < -0.39 is 45.1 Å². The molecule has 0 heterocycles. The number of rotatable bonds is 7. The molecule has 0 spiro atoms. The van der Waals surface area contributed by atoms with E-state index in [1.165, 1.54) is 31.2 Å². The van der Waals surface area contributed by atoms with Gasteiger partial charge in [-0.1, -0.05) is 0 Å². The van der Waals surface area contributed by atoms with Gasteiger partial charge in [0.05, 0.1) is 23.2 Å². The van der Waals surface area contributed by atoms with Crippen molar-refractivity contribution < 1.29 is 31.1 Å². The van der Waals surface area contributed by atoms with Gasteiger partial charge in [-0.15, -0.1) is 0 Å². The van der Waals surface area contributed by atoms with Crippen LogP contribution in [0.5, 0.6) is 5.75 Å². The molecule has 0 saturated carbocycles. The number of carbonyl (C=O) groups excluding carboxylic acids is 1. The average Bonchev–Trinajstić information content (AvgIpc) is 2.62. The summed E-state index contributed by atoms with van der Waals surface area (Å²) in [7, 11) is -4.05. The molecular formula is C17H17F3N2O4S. The van der Waals surface area contributed by atoms with Crippen LogP contribution in [0.15, 0.2) is 41.3 Å². The van der Waals surface area contributed by atoms with Crippen molar-refractivity contribution in [2.45, 2.75) is 24.8 Å². The van der Waals surface area contributed by atoms with Gasteiger partial charge in [-0.25, -0.2) is 21.6 Å². The van der Waals surface area contributed by atoms with E-state index in [2.05, 4.69) is 4.72 Å². The van der Waals surface area contributed by atoms with Crippen LogP contribution >= 0.6 is 0 Å². The van der Waals surface area contributed by atoms with Gasteiger partial charge in [-0.3, -0.25) is 4.79 Å². The first-order valence-corrected chi connectivity index (χ1v) is 9.33. The Morgan fingerprint density at radius 3 is 2.30 bits per heavy atom. The molecule has 0 aliphatic carbocycles. The third kappa shape index (κ3) is 4.98. The minimum Gasteiger partial charge on any atom is -0.494 e. The van der Waals surface area contributed by atoms with Crippen LogP contribution in [-0.4, -0.2) is 27.0 Å². The third-order valence-corrected chi connectivity index (χ3v) is 5.02. The standard InChI is InChI=1S/C17H17F3N2O4S/c1-3-26-11-4-6-12(7-5-11)27(24,25)22-10(2)17(23)21-14-9-8-13(18)15(19)16(14)20/h4-10,22H,3H2,1-2H3,(H,21,23). The van der Waals surface area contributed by atoms with Gasteiger partial charge in [0.1, 0.15) is 5.75 Å². The monoisotopic (exact) mass is 402 g/mol. The van der Waals surface area contributed by atoms with E-state index in [1.807, 2.05) is 5.32 Å².